The van der Waals surface area contributed by atoms with Crippen molar-refractivity contribution in [2.24, 2.45) is 0 Å². The van der Waals surface area contributed by atoms with Crippen LogP contribution in [0.2, 0.25) is 0 Å². The van der Waals surface area contributed by atoms with Gasteiger partial charge in [0.1, 0.15) is 22.4 Å². The van der Waals surface area contributed by atoms with Crippen LogP contribution in [-0.4, -0.2) is 40.3 Å². The molecule has 1 atom stereocenters. The first kappa shape index (κ1) is 14.5. The first-order valence-corrected chi connectivity index (χ1v) is 7.54. The predicted molar refractivity (Wildman–Crippen MR) is 80.6 cm³/mol. The molecule has 0 aliphatic carbocycles. The molecular formula is C13H21BrN4O. The number of anilines is 2. The second kappa shape index (κ2) is 6.05. The molecule has 0 amide bonds. The lowest BCUT2D eigenvalue weighted by atomic mass is 9.98. The summed E-state index contributed by atoms with van der Waals surface area (Å²) in [5.74, 6) is 1.73. The Morgan fingerprint density at radius 3 is 2.95 bits per heavy atom. The average Bonchev–Trinajstić information content (AvgIpc) is 2.53. The number of hydrogen-bond donors (Lipinski definition) is 2. The smallest absolute Gasteiger partial charge is 0.148 e. The molecule has 5 nitrogen and oxygen atoms in total. The number of nitrogens with one attached hydrogen (secondary N) is 1. The van der Waals surface area contributed by atoms with Gasteiger partial charge in [0.25, 0.3) is 0 Å². The van der Waals surface area contributed by atoms with E-state index in [0.29, 0.717) is 0 Å². The molecule has 0 saturated carbocycles. The summed E-state index contributed by atoms with van der Waals surface area (Å²) < 4.78 is 0.901. The Morgan fingerprint density at radius 1 is 1.42 bits per heavy atom. The highest BCUT2D eigenvalue weighted by Crippen LogP contribution is 2.32. The molecule has 0 radical (unpaired) electrons. The number of nitrogens with zero attached hydrogens (tertiary/aromatic N) is 3. The van der Waals surface area contributed by atoms with Crippen molar-refractivity contribution in [2.45, 2.75) is 38.7 Å². The fraction of sp³-hybridized carbons (Fsp3) is 0.692. The lowest BCUT2D eigenvalue weighted by Gasteiger charge is -2.24. The van der Waals surface area contributed by atoms with E-state index in [1.165, 1.54) is 0 Å². The Balaban J connectivity index is 2.19. The minimum absolute atomic E-state index is 0.557. The van der Waals surface area contributed by atoms with Crippen LogP contribution < -0.4 is 10.2 Å². The Kier molecular flexibility index (Phi) is 4.62. The normalized spacial score (nSPS) is 24.1. The summed E-state index contributed by atoms with van der Waals surface area (Å²) in [5.41, 5.74) is -0.557. The summed E-state index contributed by atoms with van der Waals surface area (Å²) in [6, 6.07) is 0. The topological polar surface area (TPSA) is 61.3 Å². The molecule has 2 heterocycles. The van der Waals surface area contributed by atoms with Gasteiger partial charge < -0.3 is 15.3 Å². The molecule has 0 bridgehead atoms. The van der Waals surface area contributed by atoms with Gasteiger partial charge in [-0.1, -0.05) is 0 Å². The van der Waals surface area contributed by atoms with Gasteiger partial charge >= 0.3 is 0 Å². The molecular weight excluding hydrogens is 308 g/mol. The van der Waals surface area contributed by atoms with E-state index in [-0.39, 0.29) is 0 Å². The zero-order chi connectivity index (χ0) is 13.9. The zero-order valence-corrected chi connectivity index (χ0v) is 13.1. The molecule has 2 rings (SSSR count). The molecule has 1 aromatic rings. The molecule has 106 valence electrons. The maximum absolute atomic E-state index is 10.1. The second-order valence-corrected chi connectivity index (χ2v) is 6.02. The summed E-state index contributed by atoms with van der Waals surface area (Å²) in [4.78, 5) is 10.8. The molecule has 1 aliphatic rings. The quantitative estimate of drug-likeness (QED) is 0.892. The number of aliphatic hydroxyl groups is 1. The van der Waals surface area contributed by atoms with Gasteiger partial charge in [-0.3, -0.25) is 0 Å². The van der Waals surface area contributed by atoms with Crippen LogP contribution in [0.15, 0.2) is 10.8 Å². The first-order valence-electron chi connectivity index (χ1n) is 6.75. The highest BCUT2D eigenvalue weighted by molar-refractivity contribution is 9.10. The predicted octanol–water partition coefficient (Wildman–Crippen LogP) is 2.41. The van der Waals surface area contributed by atoms with Crippen molar-refractivity contribution in [3.63, 3.8) is 0 Å². The van der Waals surface area contributed by atoms with Crippen LogP contribution in [0.4, 0.5) is 11.6 Å². The van der Waals surface area contributed by atoms with Crippen molar-refractivity contribution in [2.75, 3.05) is 29.9 Å². The Labute approximate surface area is 122 Å². The van der Waals surface area contributed by atoms with E-state index in [2.05, 4.69) is 36.1 Å². The standard InChI is InChI=1S/C13H21BrN4O/c1-3-15-11-10(14)12(17-9-16-11)18-7-4-5-13(2,19)6-8-18/h9,19H,3-8H2,1-2H3,(H,15,16,17). The largest absolute Gasteiger partial charge is 0.390 e. The Morgan fingerprint density at radius 2 is 2.21 bits per heavy atom. The van der Waals surface area contributed by atoms with Gasteiger partial charge in [-0.15, -0.1) is 0 Å². The summed E-state index contributed by atoms with van der Waals surface area (Å²) in [6.45, 7) is 6.50. The molecule has 1 aromatic heterocycles. The Bertz CT molecular complexity index is 439. The SMILES string of the molecule is CCNc1ncnc(N2CCCC(C)(O)CC2)c1Br. The van der Waals surface area contributed by atoms with Gasteiger partial charge in [0.2, 0.25) is 0 Å². The van der Waals surface area contributed by atoms with Crippen molar-refractivity contribution >= 4 is 27.6 Å². The lowest BCUT2D eigenvalue weighted by Crippen LogP contribution is -2.29. The van der Waals surface area contributed by atoms with Gasteiger partial charge in [0, 0.05) is 19.6 Å². The summed E-state index contributed by atoms with van der Waals surface area (Å²) in [7, 11) is 0. The maximum atomic E-state index is 10.1. The highest BCUT2D eigenvalue weighted by atomic mass is 79.9. The third kappa shape index (κ3) is 3.57. The molecule has 1 unspecified atom stereocenters. The number of rotatable bonds is 3. The van der Waals surface area contributed by atoms with Crippen molar-refractivity contribution in [3.8, 4) is 0 Å². The van der Waals surface area contributed by atoms with Crippen LogP contribution in [0, 0.1) is 0 Å². The van der Waals surface area contributed by atoms with Crippen LogP contribution in [0.5, 0.6) is 0 Å². The van der Waals surface area contributed by atoms with Gasteiger partial charge in [-0.25, -0.2) is 9.97 Å². The van der Waals surface area contributed by atoms with E-state index in [1.807, 2.05) is 13.8 Å². The average molecular weight is 329 g/mol. The number of hydrogen-bond acceptors (Lipinski definition) is 5. The molecule has 1 fully saturated rings. The van der Waals surface area contributed by atoms with E-state index >= 15 is 0 Å². The fourth-order valence-corrected chi connectivity index (χ4v) is 2.94. The monoisotopic (exact) mass is 328 g/mol. The molecule has 1 aliphatic heterocycles. The first-order chi connectivity index (χ1) is 9.03. The number of aromatic nitrogens is 2. The summed E-state index contributed by atoms with van der Waals surface area (Å²) in [5, 5.41) is 13.4. The van der Waals surface area contributed by atoms with Crippen LogP contribution >= 0.6 is 15.9 Å². The van der Waals surface area contributed by atoms with Crippen LogP contribution in [-0.2, 0) is 0 Å². The van der Waals surface area contributed by atoms with E-state index in [0.717, 1.165) is 55.0 Å². The zero-order valence-electron chi connectivity index (χ0n) is 11.5. The third-order valence-corrected chi connectivity index (χ3v) is 4.21. The highest BCUT2D eigenvalue weighted by Gasteiger charge is 2.26. The van der Waals surface area contributed by atoms with Gasteiger partial charge in [0.15, 0.2) is 0 Å². The minimum atomic E-state index is -0.557. The van der Waals surface area contributed by atoms with Crippen molar-refractivity contribution in [1.29, 1.82) is 0 Å². The van der Waals surface area contributed by atoms with Crippen molar-refractivity contribution in [1.82, 2.24) is 9.97 Å². The molecule has 2 N–H and O–H groups in total. The van der Waals surface area contributed by atoms with Crippen LogP contribution in [0.1, 0.15) is 33.1 Å². The summed E-state index contributed by atoms with van der Waals surface area (Å²) in [6.07, 6.45) is 4.16. The van der Waals surface area contributed by atoms with Gasteiger partial charge in [-0.05, 0) is 49.0 Å². The van der Waals surface area contributed by atoms with E-state index in [1.54, 1.807) is 6.33 Å². The van der Waals surface area contributed by atoms with Gasteiger partial charge in [0.05, 0.1) is 5.60 Å². The van der Waals surface area contributed by atoms with Gasteiger partial charge in [-0.2, -0.15) is 0 Å². The lowest BCUT2D eigenvalue weighted by molar-refractivity contribution is 0.0481. The molecule has 1 saturated heterocycles. The maximum Gasteiger partial charge on any atom is 0.148 e. The fourth-order valence-electron chi connectivity index (χ4n) is 2.35. The molecule has 0 spiro atoms. The van der Waals surface area contributed by atoms with Crippen molar-refractivity contribution in [3.05, 3.63) is 10.8 Å². The van der Waals surface area contributed by atoms with E-state index in [9.17, 15) is 5.11 Å². The molecule has 0 aromatic carbocycles. The molecule has 6 heteroatoms. The second-order valence-electron chi connectivity index (χ2n) is 5.23. The van der Waals surface area contributed by atoms with Crippen molar-refractivity contribution < 1.29 is 5.11 Å². The van der Waals surface area contributed by atoms with Crippen LogP contribution in [0.25, 0.3) is 0 Å². The van der Waals surface area contributed by atoms with E-state index < -0.39 is 5.60 Å². The van der Waals surface area contributed by atoms with E-state index in [4.69, 9.17) is 0 Å². The minimum Gasteiger partial charge on any atom is -0.390 e. The Hall–Kier alpha value is -0.880. The molecule has 19 heavy (non-hydrogen) atoms. The third-order valence-electron chi connectivity index (χ3n) is 3.48. The number of halogens is 1. The summed E-state index contributed by atoms with van der Waals surface area (Å²) >= 11 is 3.58. The van der Waals surface area contributed by atoms with Crippen LogP contribution in [0.3, 0.4) is 0 Å².